The van der Waals surface area contributed by atoms with Crippen molar-refractivity contribution in [3.05, 3.63) is 62.2 Å². The number of thiazole rings is 1. The molecule has 0 bridgehead atoms. The van der Waals surface area contributed by atoms with Gasteiger partial charge in [0.25, 0.3) is 17.3 Å². The maximum absolute atomic E-state index is 12.6. The van der Waals surface area contributed by atoms with Gasteiger partial charge >= 0.3 is 0 Å². The third-order valence-corrected chi connectivity index (χ3v) is 5.52. The molecule has 1 N–H and O–H groups in total. The molecule has 2 aromatic carbocycles. The fraction of sp³-hybridized carbons (Fsp3) is 0.222. The van der Waals surface area contributed by atoms with E-state index in [9.17, 15) is 25.0 Å². The minimum Gasteiger partial charge on any atom is -0.378 e. The van der Waals surface area contributed by atoms with Gasteiger partial charge < -0.3 is 9.64 Å². The molecule has 12 heteroatoms. The Balaban J connectivity index is 1.58. The average molecular weight is 429 g/mol. The topological polar surface area (TPSA) is 141 Å². The Kier molecular flexibility index (Phi) is 5.25. The smallest absolute Gasteiger partial charge is 0.293 e. The molecule has 1 aliphatic heterocycles. The quantitative estimate of drug-likeness (QED) is 0.481. The minimum absolute atomic E-state index is 0.0710. The summed E-state index contributed by atoms with van der Waals surface area (Å²) < 4.78 is 5.83. The number of amides is 1. The number of aromatic nitrogens is 1. The second kappa shape index (κ2) is 8.00. The fourth-order valence-electron chi connectivity index (χ4n) is 3.13. The molecule has 0 aliphatic carbocycles. The van der Waals surface area contributed by atoms with Gasteiger partial charge in [-0.3, -0.25) is 30.3 Å². The van der Waals surface area contributed by atoms with Crippen LogP contribution in [0.5, 0.6) is 0 Å². The number of rotatable bonds is 5. The molecule has 1 aromatic heterocycles. The van der Waals surface area contributed by atoms with Crippen LogP contribution in [0.25, 0.3) is 10.2 Å². The summed E-state index contributed by atoms with van der Waals surface area (Å²) in [6.45, 7) is 2.03. The van der Waals surface area contributed by atoms with Gasteiger partial charge in [-0.2, -0.15) is 0 Å². The number of carbonyl (C=O) groups is 1. The summed E-state index contributed by atoms with van der Waals surface area (Å²) in [5.41, 5.74) is 0.827. The lowest BCUT2D eigenvalue weighted by Gasteiger charge is -2.28. The average Bonchev–Trinajstić information content (AvgIpc) is 3.15. The van der Waals surface area contributed by atoms with Crippen molar-refractivity contribution in [1.29, 1.82) is 0 Å². The number of non-ortho nitro benzene ring substituents is 1. The van der Waals surface area contributed by atoms with Gasteiger partial charge in [0, 0.05) is 36.9 Å². The second-order valence-corrected chi connectivity index (χ2v) is 7.47. The molecule has 1 fully saturated rings. The summed E-state index contributed by atoms with van der Waals surface area (Å²) >= 11 is 1.08. The molecule has 1 saturated heterocycles. The summed E-state index contributed by atoms with van der Waals surface area (Å²) in [5.74, 6) is -0.555. The van der Waals surface area contributed by atoms with Crippen molar-refractivity contribution in [2.45, 2.75) is 0 Å². The molecule has 1 amide bonds. The van der Waals surface area contributed by atoms with E-state index in [4.69, 9.17) is 4.74 Å². The zero-order valence-electron chi connectivity index (χ0n) is 15.4. The monoisotopic (exact) mass is 429 g/mol. The number of nitro groups is 2. The van der Waals surface area contributed by atoms with Crippen molar-refractivity contribution in [2.24, 2.45) is 0 Å². The van der Waals surface area contributed by atoms with Crippen LogP contribution < -0.4 is 10.2 Å². The Bertz CT molecular complexity index is 1160. The number of nitrogens with one attached hydrogen (secondary N) is 1. The molecular formula is C18H15N5O6S. The maximum atomic E-state index is 12.6. The van der Waals surface area contributed by atoms with Gasteiger partial charge in [0.2, 0.25) is 0 Å². The molecule has 0 saturated carbocycles. The fourth-order valence-corrected chi connectivity index (χ4v) is 4.03. The molecule has 4 rings (SSSR count). The molecule has 3 aromatic rings. The highest BCUT2D eigenvalue weighted by Crippen LogP contribution is 2.32. The predicted octanol–water partition coefficient (Wildman–Crippen LogP) is 3.20. The molecule has 0 atom stereocenters. The Morgan fingerprint density at radius 1 is 1.10 bits per heavy atom. The highest BCUT2D eigenvalue weighted by Gasteiger charge is 2.23. The van der Waals surface area contributed by atoms with Crippen LogP contribution in [0.4, 0.5) is 22.2 Å². The van der Waals surface area contributed by atoms with E-state index < -0.39 is 15.8 Å². The number of nitrogens with zero attached hydrogens (tertiary/aromatic N) is 4. The summed E-state index contributed by atoms with van der Waals surface area (Å²) in [6.07, 6.45) is 0. The lowest BCUT2D eigenvalue weighted by molar-refractivity contribution is -0.384. The van der Waals surface area contributed by atoms with Crippen LogP contribution in [0.2, 0.25) is 0 Å². The minimum atomic E-state index is -0.555. The van der Waals surface area contributed by atoms with Crippen LogP contribution in [-0.2, 0) is 4.74 Å². The number of hydrogen-bond donors (Lipinski definition) is 1. The van der Waals surface area contributed by atoms with Crippen LogP contribution in [0.3, 0.4) is 0 Å². The first kappa shape index (κ1) is 19.7. The van der Waals surface area contributed by atoms with Gasteiger partial charge in [-0.05, 0) is 18.2 Å². The zero-order valence-corrected chi connectivity index (χ0v) is 16.3. The van der Waals surface area contributed by atoms with E-state index in [2.05, 4.69) is 10.3 Å². The first-order valence-corrected chi connectivity index (χ1v) is 9.71. The molecule has 0 radical (unpaired) electrons. The zero-order chi connectivity index (χ0) is 21.3. The summed E-state index contributed by atoms with van der Waals surface area (Å²) in [5, 5.41) is 25.3. The number of nitro benzene ring substituents is 2. The number of fused-ring (bicyclic) bond motifs is 1. The molecule has 154 valence electrons. The first-order chi connectivity index (χ1) is 14.4. The Labute approximate surface area is 173 Å². The van der Waals surface area contributed by atoms with Crippen LogP contribution in [0.1, 0.15) is 10.4 Å². The summed E-state index contributed by atoms with van der Waals surface area (Å²) in [4.78, 5) is 40.1. The number of ether oxygens (including phenoxy) is 1. The molecule has 2 heterocycles. The number of anilines is 2. The molecule has 0 spiro atoms. The Hall–Kier alpha value is -3.64. The Morgan fingerprint density at radius 2 is 1.87 bits per heavy atom. The molecule has 1 aliphatic rings. The van der Waals surface area contributed by atoms with Gasteiger partial charge in [-0.25, -0.2) is 4.98 Å². The Morgan fingerprint density at radius 3 is 2.57 bits per heavy atom. The lowest BCUT2D eigenvalue weighted by Crippen LogP contribution is -2.36. The second-order valence-electron chi connectivity index (χ2n) is 6.44. The van der Waals surface area contributed by atoms with E-state index in [1.165, 1.54) is 30.3 Å². The van der Waals surface area contributed by atoms with Gasteiger partial charge in [-0.1, -0.05) is 11.3 Å². The first-order valence-electron chi connectivity index (χ1n) is 8.90. The number of benzene rings is 2. The standard InChI is InChI=1S/C18H15N5O6S/c24-17(20-18-19-13-3-2-12(22(25)26)10-16(13)30-18)11-1-4-14(15(9-11)23(27)28)21-5-7-29-8-6-21/h1-4,9-10H,5-8H2,(H,19,20,24). The van der Waals surface area contributed by atoms with Gasteiger partial charge in [0.1, 0.15) is 5.69 Å². The predicted molar refractivity (Wildman–Crippen MR) is 110 cm³/mol. The van der Waals surface area contributed by atoms with Crippen LogP contribution in [0.15, 0.2) is 36.4 Å². The van der Waals surface area contributed by atoms with Crippen LogP contribution in [-0.4, -0.2) is 47.0 Å². The van der Waals surface area contributed by atoms with Crippen molar-refractivity contribution in [3.63, 3.8) is 0 Å². The molecule has 0 unspecified atom stereocenters. The number of morpholine rings is 1. The van der Waals surface area contributed by atoms with E-state index in [0.717, 1.165) is 11.3 Å². The van der Waals surface area contributed by atoms with Gasteiger partial charge in [0.15, 0.2) is 5.13 Å². The third-order valence-electron chi connectivity index (χ3n) is 4.59. The normalized spacial score (nSPS) is 13.9. The van der Waals surface area contributed by atoms with Crippen molar-refractivity contribution < 1.29 is 19.4 Å². The van der Waals surface area contributed by atoms with E-state index in [0.29, 0.717) is 42.2 Å². The lowest BCUT2D eigenvalue weighted by atomic mass is 10.1. The van der Waals surface area contributed by atoms with Crippen molar-refractivity contribution in [2.75, 3.05) is 36.5 Å². The van der Waals surface area contributed by atoms with Crippen LogP contribution in [0, 0.1) is 20.2 Å². The van der Waals surface area contributed by atoms with Crippen molar-refractivity contribution in [1.82, 2.24) is 4.98 Å². The summed E-state index contributed by atoms with van der Waals surface area (Å²) in [6, 6.07) is 8.53. The van der Waals surface area contributed by atoms with Gasteiger partial charge in [-0.15, -0.1) is 0 Å². The maximum Gasteiger partial charge on any atom is 0.293 e. The van der Waals surface area contributed by atoms with E-state index in [1.807, 2.05) is 4.90 Å². The number of carbonyl (C=O) groups excluding carboxylic acids is 1. The number of hydrogen-bond acceptors (Lipinski definition) is 9. The van der Waals surface area contributed by atoms with E-state index in [1.54, 1.807) is 6.07 Å². The summed E-state index contributed by atoms with van der Waals surface area (Å²) in [7, 11) is 0. The SMILES string of the molecule is O=C(Nc1nc2ccc([N+](=O)[O-])cc2s1)c1ccc(N2CCOCC2)c([N+](=O)[O-])c1. The van der Waals surface area contributed by atoms with E-state index >= 15 is 0 Å². The third kappa shape index (κ3) is 3.90. The van der Waals surface area contributed by atoms with Gasteiger partial charge in [0.05, 0.1) is 33.3 Å². The molecule has 11 nitrogen and oxygen atoms in total. The van der Waals surface area contributed by atoms with E-state index in [-0.39, 0.29) is 22.1 Å². The largest absolute Gasteiger partial charge is 0.378 e. The van der Waals surface area contributed by atoms with Crippen molar-refractivity contribution in [3.8, 4) is 0 Å². The highest BCUT2D eigenvalue weighted by atomic mass is 32.1. The van der Waals surface area contributed by atoms with Crippen molar-refractivity contribution >= 4 is 49.7 Å². The highest BCUT2D eigenvalue weighted by molar-refractivity contribution is 7.22. The molecule has 30 heavy (non-hydrogen) atoms. The van der Waals surface area contributed by atoms with Crippen LogP contribution >= 0.6 is 11.3 Å². The molecular weight excluding hydrogens is 414 g/mol.